The molecule has 0 spiro atoms. The molecule has 1 aromatic carbocycles. The van der Waals surface area contributed by atoms with Gasteiger partial charge in [0.25, 0.3) is 5.91 Å². The third-order valence-electron chi connectivity index (χ3n) is 4.11. The average Bonchev–Trinajstić information content (AvgIpc) is 3.02. The fourth-order valence-electron chi connectivity index (χ4n) is 2.97. The Bertz CT molecular complexity index is 871. The first-order valence-electron chi connectivity index (χ1n) is 8.03. The number of rotatable bonds is 6. The number of carbonyl (C=O) groups is 2. The molecule has 11 heteroatoms. The summed E-state index contributed by atoms with van der Waals surface area (Å²) >= 11 is 7.16. The number of hydrogen-bond acceptors (Lipinski definition) is 6. The summed E-state index contributed by atoms with van der Waals surface area (Å²) in [5.74, 6) is -1.72. The van der Waals surface area contributed by atoms with Crippen molar-refractivity contribution in [2.75, 3.05) is 24.7 Å². The van der Waals surface area contributed by atoms with Gasteiger partial charge in [-0.25, -0.2) is 13.2 Å². The number of ether oxygens (including phenoxy) is 1. The van der Waals surface area contributed by atoms with E-state index in [1.807, 2.05) is 17.0 Å². The summed E-state index contributed by atoms with van der Waals surface area (Å²) in [5, 5.41) is 9.38. The number of amidine groups is 1. The predicted molar refractivity (Wildman–Crippen MR) is 102 cm³/mol. The Kier molecular flexibility index (Phi) is 6.09. The molecule has 27 heavy (non-hydrogen) atoms. The summed E-state index contributed by atoms with van der Waals surface area (Å²) in [5.41, 5.74) is 0.909. The van der Waals surface area contributed by atoms with Crippen molar-refractivity contribution >= 4 is 50.2 Å². The molecule has 3 rings (SSSR count). The molecule has 2 aliphatic heterocycles. The lowest BCUT2D eigenvalue weighted by Crippen LogP contribution is -2.37. The van der Waals surface area contributed by atoms with E-state index in [0.29, 0.717) is 16.7 Å². The highest BCUT2D eigenvalue weighted by molar-refractivity contribution is 8.15. The van der Waals surface area contributed by atoms with Gasteiger partial charge >= 0.3 is 5.97 Å². The minimum Gasteiger partial charge on any atom is -0.480 e. The largest absolute Gasteiger partial charge is 0.480 e. The maximum atomic E-state index is 12.0. The fraction of sp³-hybridized carbons (Fsp3) is 0.438. The van der Waals surface area contributed by atoms with Gasteiger partial charge in [-0.15, -0.1) is 0 Å². The van der Waals surface area contributed by atoms with Gasteiger partial charge in [0.05, 0.1) is 17.5 Å². The number of carboxylic acids is 1. The molecule has 1 aromatic rings. The number of sulfone groups is 1. The number of halogens is 1. The maximum absolute atomic E-state index is 12.0. The number of aliphatic carboxylic acids is 1. The lowest BCUT2D eigenvalue weighted by atomic mass is 10.1. The standard InChI is InChI=1S/C16H17ClN2O6S2/c17-11-3-1-10(2-4-11)5-19-12-8-27(23,24)9-13(12)26-16(19)18-14(20)6-25-7-15(21)22/h1-4,12-13H,5-9H2,(H,21,22)/t12-,13+/m0/s1. The Balaban J connectivity index is 1.77. The smallest absolute Gasteiger partial charge is 0.329 e. The van der Waals surface area contributed by atoms with Crippen LogP contribution in [0.15, 0.2) is 29.3 Å². The number of aliphatic imine (C=N–C) groups is 1. The number of nitrogens with zero attached hydrogens (tertiary/aromatic N) is 2. The molecule has 8 nitrogen and oxygen atoms in total. The highest BCUT2D eigenvalue weighted by atomic mass is 35.5. The van der Waals surface area contributed by atoms with E-state index in [9.17, 15) is 18.0 Å². The molecule has 146 valence electrons. The zero-order valence-corrected chi connectivity index (χ0v) is 16.5. The van der Waals surface area contributed by atoms with Crippen LogP contribution in [0.3, 0.4) is 0 Å². The third-order valence-corrected chi connectivity index (χ3v) is 7.61. The van der Waals surface area contributed by atoms with Crippen LogP contribution in [0, 0.1) is 0 Å². The average molecular weight is 433 g/mol. The van der Waals surface area contributed by atoms with Crippen molar-refractivity contribution in [3.63, 3.8) is 0 Å². The first-order valence-corrected chi connectivity index (χ1v) is 11.1. The van der Waals surface area contributed by atoms with E-state index in [2.05, 4.69) is 4.99 Å². The first kappa shape index (κ1) is 20.1. The van der Waals surface area contributed by atoms with Crippen LogP contribution in [-0.2, 0) is 30.7 Å². The van der Waals surface area contributed by atoms with Crippen molar-refractivity contribution in [1.82, 2.24) is 4.90 Å². The van der Waals surface area contributed by atoms with Crippen molar-refractivity contribution in [2.24, 2.45) is 4.99 Å². The predicted octanol–water partition coefficient (Wildman–Crippen LogP) is 1.04. The Labute approximate surface area is 165 Å². The van der Waals surface area contributed by atoms with Crippen LogP contribution in [0.2, 0.25) is 5.02 Å². The molecule has 2 fully saturated rings. The van der Waals surface area contributed by atoms with Crippen LogP contribution in [0.1, 0.15) is 5.56 Å². The second-order valence-corrected chi connectivity index (χ2v) is 10.0. The van der Waals surface area contributed by atoms with E-state index in [0.717, 1.165) is 5.56 Å². The van der Waals surface area contributed by atoms with Crippen molar-refractivity contribution < 1.29 is 27.9 Å². The number of amides is 1. The monoisotopic (exact) mass is 432 g/mol. The molecule has 2 heterocycles. The Morgan fingerprint density at radius 2 is 1.96 bits per heavy atom. The summed E-state index contributed by atoms with van der Waals surface area (Å²) in [7, 11) is -3.13. The van der Waals surface area contributed by atoms with Crippen molar-refractivity contribution in [3.8, 4) is 0 Å². The molecule has 0 unspecified atom stereocenters. The molecule has 0 aliphatic carbocycles. The van der Waals surface area contributed by atoms with Crippen LogP contribution in [0.25, 0.3) is 0 Å². The molecule has 1 N–H and O–H groups in total. The molecule has 2 aliphatic rings. The topological polar surface area (TPSA) is 113 Å². The highest BCUT2D eigenvalue weighted by Gasteiger charge is 2.48. The van der Waals surface area contributed by atoms with E-state index in [-0.39, 0.29) is 22.8 Å². The second kappa shape index (κ2) is 8.17. The summed E-state index contributed by atoms with van der Waals surface area (Å²) in [4.78, 5) is 28.3. The Morgan fingerprint density at radius 3 is 2.63 bits per heavy atom. The van der Waals surface area contributed by atoms with Gasteiger partial charge in [0.15, 0.2) is 15.0 Å². The molecule has 0 aromatic heterocycles. The molecule has 0 radical (unpaired) electrons. The lowest BCUT2D eigenvalue weighted by Gasteiger charge is -2.24. The van der Waals surface area contributed by atoms with Gasteiger partial charge < -0.3 is 14.7 Å². The zero-order valence-electron chi connectivity index (χ0n) is 14.1. The zero-order chi connectivity index (χ0) is 19.6. The van der Waals surface area contributed by atoms with Gasteiger partial charge in [-0.1, -0.05) is 35.5 Å². The molecule has 0 bridgehead atoms. The molecule has 2 saturated heterocycles. The normalized spacial score (nSPS) is 24.9. The minimum absolute atomic E-state index is 0.0149. The fourth-order valence-corrected chi connectivity index (χ4v) is 7.07. The molecule has 1 amide bonds. The van der Waals surface area contributed by atoms with Crippen LogP contribution in [0.4, 0.5) is 0 Å². The summed E-state index contributed by atoms with van der Waals surface area (Å²) in [6, 6.07) is 6.88. The third kappa shape index (κ3) is 5.22. The Morgan fingerprint density at radius 1 is 1.26 bits per heavy atom. The van der Waals surface area contributed by atoms with E-state index in [1.54, 1.807) is 12.1 Å². The van der Waals surface area contributed by atoms with E-state index in [4.69, 9.17) is 21.4 Å². The molecular weight excluding hydrogens is 416 g/mol. The number of carbonyl (C=O) groups excluding carboxylic acids is 1. The summed E-state index contributed by atoms with van der Waals surface area (Å²) < 4.78 is 28.7. The van der Waals surface area contributed by atoms with Crippen molar-refractivity contribution in [3.05, 3.63) is 34.9 Å². The molecule has 2 atom stereocenters. The van der Waals surface area contributed by atoms with Gasteiger partial charge in [0.2, 0.25) is 0 Å². The maximum Gasteiger partial charge on any atom is 0.329 e. The summed E-state index contributed by atoms with van der Waals surface area (Å²) in [6.07, 6.45) is 0. The van der Waals surface area contributed by atoms with Gasteiger partial charge in [-0.05, 0) is 17.7 Å². The van der Waals surface area contributed by atoms with Gasteiger partial charge in [-0.3, -0.25) is 4.79 Å². The second-order valence-electron chi connectivity index (χ2n) is 6.23. The van der Waals surface area contributed by atoms with Crippen LogP contribution < -0.4 is 0 Å². The van der Waals surface area contributed by atoms with E-state index >= 15 is 0 Å². The van der Waals surface area contributed by atoms with Gasteiger partial charge in [0.1, 0.15) is 13.2 Å². The van der Waals surface area contributed by atoms with E-state index < -0.39 is 34.9 Å². The number of hydrogen-bond donors (Lipinski definition) is 1. The van der Waals surface area contributed by atoms with Crippen molar-refractivity contribution in [2.45, 2.75) is 17.8 Å². The van der Waals surface area contributed by atoms with Gasteiger partial charge in [-0.2, -0.15) is 4.99 Å². The Hall–Kier alpha value is -1.62. The lowest BCUT2D eigenvalue weighted by molar-refractivity contribution is -0.143. The minimum atomic E-state index is -3.13. The van der Waals surface area contributed by atoms with Crippen LogP contribution in [0.5, 0.6) is 0 Å². The van der Waals surface area contributed by atoms with Crippen LogP contribution in [-0.4, -0.2) is 71.5 Å². The van der Waals surface area contributed by atoms with Gasteiger partial charge in [0, 0.05) is 16.8 Å². The summed E-state index contributed by atoms with van der Waals surface area (Å²) in [6.45, 7) is -0.635. The number of fused-ring (bicyclic) bond motifs is 1. The SMILES string of the molecule is O=C(O)COCC(=O)N=C1S[C@@H]2CS(=O)(=O)C[C@@H]2N1Cc1ccc(Cl)cc1. The number of benzene rings is 1. The quantitative estimate of drug-likeness (QED) is 0.709. The molecular formula is C16H17ClN2O6S2. The first-order chi connectivity index (χ1) is 12.7. The van der Waals surface area contributed by atoms with Crippen LogP contribution >= 0.6 is 23.4 Å². The van der Waals surface area contributed by atoms with Crippen molar-refractivity contribution in [1.29, 1.82) is 0 Å². The molecule has 0 saturated carbocycles. The van der Waals surface area contributed by atoms with E-state index in [1.165, 1.54) is 11.8 Å². The highest BCUT2D eigenvalue weighted by Crippen LogP contribution is 2.39. The number of carboxylic acid groups (broad SMARTS) is 1. The number of thioether (sulfide) groups is 1.